The predicted octanol–water partition coefficient (Wildman–Crippen LogP) is 2.43. The van der Waals surface area contributed by atoms with Gasteiger partial charge in [0.15, 0.2) is 11.6 Å². The van der Waals surface area contributed by atoms with Gasteiger partial charge in [-0.25, -0.2) is 4.39 Å². The van der Waals surface area contributed by atoms with Crippen molar-refractivity contribution in [2.45, 2.75) is 12.8 Å². The van der Waals surface area contributed by atoms with Gasteiger partial charge in [-0.05, 0) is 37.0 Å². The second kappa shape index (κ2) is 3.78. The van der Waals surface area contributed by atoms with Crippen LogP contribution in [0.1, 0.15) is 23.2 Å². The minimum Gasteiger partial charge on any atom is -0.490 e. The van der Waals surface area contributed by atoms with E-state index in [0.29, 0.717) is 24.4 Å². The van der Waals surface area contributed by atoms with Crippen molar-refractivity contribution < 1.29 is 13.9 Å². The molecule has 1 fully saturated rings. The molecule has 0 aromatic heterocycles. The van der Waals surface area contributed by atoms with E-state index >= 15 is 0 Å². The Bertz CT molecular complexity index is 345. The SMILES string of the molecule is O=Cc1ccc(F)c(OCC2CC2)c1. The highest BCUT2D eigenvalue weighted by atomic mass is 19.1. The van der Waals surface area contributed by atoms with Crippen LogP contribution in [-0.4, -0.2) is 12.9 Å². The monoisotopic (exact) mass is 194 g/mol. The molecule has 0 spiro atoms. The molecule has 1 aromatic rings. The second-order valence-corrected chi connectivity index (χ2v) is 3.56. The summed E-state index contributed by atoms with van der Waals surface area (Å²) in [6, 6.07) is 4.13. The molecule has 2 rings (SSSR count). The second-order valence-electron chi connectivity index (χ2n) is 3.56. The molecular weight excluding hydrogens is 183 g/mol. The number of benzene rings is 1. The highest BCUT2D eigenvalue weighted by Crippen LogP contribution is 2.30. The zero-order chi connectivity index (χ0) is 9.97. The van der Waals surface area contributed by atoms with Gasteiger partial charge in [0, 0.05) is 5.56 Å². The van der Waals surface area contributed by atoms with Gasteiger partial charge in [0.25, 0.3) is 0 Å². The van der Waals surface area contributed by atoms with Gasteiger partial charge in [-0.3, -0.25) is 4.79 Å². The lowest BCUT2D eigenvalue weighted by atomic mass is 10.2. The average molecular weight is 194 g/mol. The third-order valence-corrected chi connectivity index (χ3v) is 2.26. The normalized spacial score (nSPS) is 15.2. The molecule has 0 amide bonds. The van der Waals surface area contributed by atoms with Crippen molar-refractivity contribution in [3.05, 3.63) is 29.6 Å². The van der Waals surface area contributed by atoms with E-state index in [1.807, 2.05) is 0 Å². The van der Waals surface area contributed by atoms with E-state index in [-0.39, 0.29) is 5.75 Å². The Labute approximate surface area is 81.7 Å². The first kappa shape index (κ1) is 9.19. The zero-order valence-corrected chi connectivity index (χ0v) is 7.70. The molecule has 74 valence electrons. The van der Waals surface area contributed by atoms with Gasteiger partial charge in [0.05, 0.1) is 6.61 Å². The van der Waals surface area contributed by atoms with Gasteiger partial charge >= 0.3 is 0 Å². The van der Waals surface area contributed by atoms with Gasteiger partial charge in [0.2, 0.25) is 0 Å². The van der Waals surface area contributed by atoms with E-state index < -0.39 is 5.82 Å². The van der Waals surface area contributed by atoms with E-state index in [1.165, 1.54) is 18.2 Å². The molecule has 3 heteroatoms. The minimum absolute atomic E-state index is 0.182. The Balaban J connectivity index is 2.08. The van der Waals surface area contributed by atoms with Gasteiger partial charge in [0.1, 0.15) is 6.29 Å². The molecule has 1 saturated carbocycles. The molecule has 0 aliphatic heterocycles. The van der Waals surface area contributed by atoms with Crippen LogP contribution >= 0.6 is 0 Å². The molecule has 0 atom stereocenters. The van der Waals surface area contributed by atoms with Crippen molar-refractivity contribution in [1.29, 1.82) is 0 Å². The lowest BCUT2D eigenvalue weighted by molar-refractivity contribution is 0.112. The molecule has 1 aliphatic rings. The molecule has 0 bridgehead atoms. The van der Waals surface area contributed by atoms with E-state index in [1.54, 1.807) is 0 Å². The van der Waals surface area contributed by atoms with E-state index in [9.17, 15) is 9.18 Å². The van der Waals surface area contributed by atoms with Crippen molar-refractivity contribution in [1.82, 2.24) is 0 Å². The van der Waals surface area contributed by atoms with Crippen LogP contribution in [0.25, 0.3) is 0 Å². The first-order valence-corrected chi connectivity index (χ1v) is 4.67. The molecule has 14 heavy (non-hydrogen) atoms. The minimum atomic E-state index is -0.406. The molecule has 0 unspecified atom stereocenters. The van der Waals surface area contributed by atoms with Crippen LogP contribution in [0.15, 0.2) is 18.2 Å². The lowest BCUT2D eigenvalue weighted by Gasteiger charge is -2.06. The summed E-state index contributed by atoms with van der Waals surface area (Å²) < 4.78 is 18.4. The smallest absolute Gasteiger partial charge is 0.165 e. The molecule has 1 aliphatic carbocycles. The lowest BCUT2D eigenvalue weighted by Crippen LogP contribution is -2.01. The van der Waals surface area contributed by atoms with Crippen molar-refractivity contribution in [2.75, 3.05) is 6.61 Å². The molecule has 0 heterocycles. The Morgan fingerprint density at radius 3 is 2.93 bits per heavy atom. The summed E-state index contributed by atoms with van der Waals surface area (Å²) in [5.74, 6) is 0.354. The summed E-state index contributed by atoms with van der Waals surface area (Å²) in [7, 11) is 0. The fourth-order valence-electron chi connectivity index (χ4n) is 1.20. The highest BCUT2D eigenvalue weighted by molar-refractivity contribution is 5.75. The fraction of sp³-hybridized carbons (Fsp3) is 0.364. The standard InChI is InChI=1S/C11H11FO2/c12-10-4-3-9(6-13)5-11(10)14-7-8-1-2-8/h3-6,8H,1-2,7H2. The third kappa shape index (κ3) is 2.10. The number of carbonyl (C=O) groups excluding carboxylic acids is 1. The van der Waals surface area contributed by atoms with Crippen molar-refractivity contribution in [3.8, 4) is 5.75 Å². The topological polar surface area (TPSA) is 26.3 Å². The summed E-state index contributed by atoms with van der Waals surface area (Å²) >= 11 is 0. The maximum atomic E-state index is 13.1. The average Bonchev–Trinajstić information content (AvgIpc) is 3.00. The van der Waals surface area contributed by atoms with Crippen LogP contribution in [0.3, 0.4) is 0 Å². The molecular formula is C11H11FO2. The van der Waals surface area contributed by atoms with Gasteiger partial charge in [-0.2, -0.15) is 0 Å². The maximum Gasteiger partial charge on any atom is 0.165 e. The van der Waals surface area contributed by atoms with Crippen molar-refractivity contribution in [3.63, 3.8) is 0 Å². The van der Waals surface area contributed by atoms with E-state index in [4.69, 9.17) is 4.74 Å². The van der Waals surface area contributed by atoms with Gasteiger partial charge < -0.3 is 4.74 Å². The van der Waals surface area contributed by atoms with E-state index in [0.717, 1.165) is 12.8 Å². The highest BCUT2D eigenvalue weighted by Gasteiger charge is 2.22. The van der Waals surface area contributed by atoms with Crippen LogP contribution in [0, 0.1) is 11.7 Å². The van der Waals surface area contributed by atoms with Crippen molar-refractivity contribution >= 4 is 6.29 Å². The number of carbonyl (C=O) groups is 1. The fourth-order valence-corrected chi connectivity index (χ4v) is 1.20. The predicted molar refractivity (Wildman–Crippen MR) is 50.0 cm³/mol. The van der Waals surface area contributed by atoms with Crippen LogP contribution in [-0.2, 0) is 0 Å². The van der Waals surface area contributed by atoms with Crippen LogP contribution in [0.4, 0.5) is 4.39 Å². The third-order valence-electron chi connectivity index (χ3n) is 2.26. The largest absolute Gasteiger partial charge is 0.490 e. The van der Waals surface area contributed by atoms with Crippen LogP contribution in [0.5, 0.6) is 5.75 Å². The number of hydrogen-bond acceptors (Lipinski definition) is 2. The van der Waals surface area contributed by atoms with Gasteiger partial charge in [-0.15, -0.1) is 0 Å². The number of ether oxygens (including phenoxy) is 1. The number of halogens is 1. The number of aldehydes is 1. The molecule has 2 nitrogen and oxygen atoms in total. The van der Waals surface area contributed by atoms with Crippen LogP contribution < -0.4 is 4.74 Å². The summed E-state index contributed by atoms with van der Waals surface area (Å²) in [4.78, 5) is 10.4. The van der Waals surface area contributed by atoms with Crippen molar-refractivity contribution in [2.24, 2.45) is 5.92 Å². The first-order valence-electron chi connectivity index (χ1n) is 4.67. The number of hydrogen-bond donors (Lipinski definition) is 0. The number of rotatable bonds is 4. The molecule has 0 radical (unpaired) electrons. The summed E-state index contributed by atoms with van der Waals surface area (Å²) in [5.41, 5.74) is 0.442. The summed E-state index contributed by atoms with van der Waals surface area (Å²) in [6.45, 7) is 0.555. The van der Waals surface area contributed by atoms with E-state index in [2.05, 4.69) is 0 Å². The quantitative estimate of drug-likeness (QED) is 0.688. The molecule has 0 saturated heterocycles. The Morgan fingerprint density at radius 2 is 2.29 bits per heavy atom. The van der Waals surface area contributed by atoms with Gasteiger partial charge in [-0.1, -0.05) is 0 Å². The summed E-state index contributed by atoms with van der Waals surface area (Å²) in [5, 5.41) is 0. The zero-order valence-electron chi connectivity index (χ0n) is 7.70. The Kier molecular flexibility index (Phi) is 2.48. The summed E-state index contributed by atoms with van der Waals surface area (Å²) in [6.07, 6.45) is 3.01. The van der Waals surface area contributed by atoms with Crippen LogP contribution in [0.2, 0.25) is 0 Å². The first-order chi connectivity index (χ1) is 6.79. The Hall–Kier alpha value is -1.38. The molecule has 0 N–H and O–H groups in total. The maximum absolute atomic E-state index is 13.1. The Morgan fingerprint density at radius 1 is 1.50 bits per heavy atom. The molecule has 1 aromatic carbocycles.